The number of rotatable bonds is 3. The highest BCUT2D eigenvalue weighted by Crippen LogP contribution is 2.38. The first-order valence-corrected chi connectivity index (χ1v) is 8.47. The van der Waals surface area contributed by atoms with Gasteiger partial charge < -0.3 is 10.1 Å². The van der Waals surface area contributed by atoms with Crippen molar-refractivity contribution in [2.45, 2.75) is 19.9 Å². The second-order valence-electron chi connectivity index (χ2n) is 6.06. The quantitative estimate of drug-likeness (QED) is 0.715. The Morgan fingerprint density at radius 1 is 1.37 bits per heavy atom. The fraction of sp³-hybridized carbons (Fsp3) is 0.211. The van der Waals surface area contributed by atoms with Gasteiger partial charge in [-0.05, 0) is 31.5 Å². The molecule has 1 N–H and O–H groups in total. The summed E-state index contributed by atoms with van der Waals surface area (Å²) in [6.07, 6.45) is 3.08. The fourth-order valence-corrected chi connectivity index (χ4v) is 3.28. The van der Waals surface area contributed by atoms with Crippen molar-refractivity contribution in [1.29, 1.82) is 5.26 Å². The lowest BCUT2D eigenvalue weighted by Gasteiger charge is -2.29. The van der Waals surface area contributed by atoms with Gasteiger partial charge in [-0.3, -0.25) is 4.57 Å². The molecule has 0 radical (unpaired) electrons. The molecule has 0 fully saturated rings. The number of anilines is 1. The van der Waals surface area contributed by atoms with E-state index in [1.807, 2.05) is 23.6 Å². The summed E-state index contributed by atoms with van der Waals surface area (Å²) in [6, 6.07) is 8.74. The molecule has 0 bridgehead atoms. The van der Waals surface area contributed by atoms with E-state index in [2.05, 4.69) is 26.3 Å². The van der Waals surface area contributed by atoms with Crippen LogP contribution in [0.5, 0.6) is 0 Å². The van der Waals surface area contributed by atoms with Crippen LogP contribution in [0, 0.1) is 11.3 Å². The standard InChI is InChI=1S/C19H16N6O2/c1-3-27-18(26)15-11(2)23-19-24-14-9-21-10-22-17(14)25(19)16(15)13-6-4-12(8-20)5-7-13/h4-7,9-10,16H,3H2,1-2H3,(H,23,24). The lowest BCUT2D eigenvalue weighted by molar-refractivity contribution is -0.139. The number of nitrogens with one attached hydrogen (secondary N) is 1. The van der Waals surface area contributed by atoms with Gasteiger partial charge in [-0.2, -0.15) is 5.26 Å². The highest BCUT2D eigenvalue weighted by atomic mass is 16.5. The minimum absolute atomic E-state index is 0.273. The molecule has 1 aliphatic heterocycles. The molecule has 3 heterocycles. The second-order valence-corrected chi connectivity index (χ2v) is 6.06. The zero-order chi connectivity index (χ0) is 19.0. The van der Waals surface area contributed by atoms with Gasteiger partial charge in [0.1, 0.15) is 11.8 Å². The summed E-state index contributed by atoms with van der Waals surface area (Å²) < 4.78 is 7.16. The van der Waals surface area contributed by atoms with Crippen LogP contribution >= 0.6 is 0 Å². The Morgan fingerprint density at radius 2 is 2.15 bits per heavy atom. The van der Waals surface area contributed by atoms with Crippen LogP contribution in [0.15, 0.2) is 48.1 Å². The van der Waals surface area contributed by atoms with Crippen LogP contribution in [0.2, 0.25) is 0 Å². The molecule has 8 nitrogen and oxygen atoms in total. The van der Waals surface area contributed by atoms with Crippen molar-refractivity contribution in [2.75, 3.05) is 11.9 Å². The third-order valence-electron chi connectivity index (χ3n) is 4.44. The summed E-state index contributed by atoms with van der Waals surface area (Å²) in [5, 5.41) is 12.3. The normalized spacial score (nSPS) is 15.8. The molecule has 0 saturated carbocycles. The molecular formula is C19H16N6O2. The maximum Gasteiger partial charge on any atom is 0.338 e. The van der Waals surface area contributed by atoms with Crippen LogP contribution in [-0.4, -0.2) is 32.1 Å². The smallest absolute Gasteiger partial charge is 0.338 e. The summed E-state index contributed by atoms with van der Waals surface area (Å²) in [4.78, 5) is 25.7. The molecule has 1 aromatic carbocycles. The monoisotopic (exact) mass is 360 g/mol. The Kier molecular flexibility index (Phi) is 4.05. The summed E-state index contributed by atoms with van der Waals surface area (Å²) in [5.41, 5.74) is 3.75. The number of carbonyl (C=O) groups excluding carboxylic acids is 1. The summed E-state index contributed by atoms with van der Waals surface area (Å²) >= 11 is 0. The van der Waals surface area contributed by atoms with E-state index in [-0.39, 0.29) is 6.61 Å². The number of ether oxygens (including phenoxy) is 1. The highest BCUT2D eigenvalue weighted by Gasteiger charge is 2.35. The van der Waals surface area contributed by atoms with Crippen molar-refractivity contribution in [2.24, 2.45) is 0 Å². The van der Waals surface area contributed by atoms with Crippen LogP contribution in [-0.2, 0) is 9.53 Å². The summed E-state index contributed by atoms with van der Waals surface area (Å²) in [6.45, 7) is 3.86. The van der Waals surface area contributed by atoms with Gasteiger partial charge in [-0.25, -0.2) is 19.7 Å². The van der Waals surface area contributed by atoms with E-state index >= 15 is 0 Å². The second kappa shape index (κ2) is 6.53. The van der Waals surface area contributed by atoms with E-state index in [0.29, 0.717) is 33.9 Å². The number of aromatic nitrogens is 4. The third kappa shape index (κ3) is 2.69. The first-order chi connectivity index (χ1) is 13.1. The average molecular weight is 360 g/mol. The molecule has 1 aliphatic rings. The van der Waals surface area contributed by atoms with Crippen LogP contribution < -0.4 is 5.32 Å². The third-order valence-corrected chi connectivity index (χ3v) is 4.44. The molecule has 8 heteroatoms. The molecule has 0 saturated heterocycles. The Balaban J connectivity index is 1.96. The molecule has 3 aromatic rings. The van der Waals surface area contributed by atoms with Gasteiger partial charge in [0.15, 0.2) is 5.65 Å². The topological polar surface area (TPSA) is 106 Å². The van der Waals surface area contributed by atoms with E-state index < -0.39 is 12.0 Å². The fourth-order valence-electron chi connectivity index (χ4n) is 3.28. The Morgan fingerprint density at radius 3 is 2.85 bits per heavy atom. The largest absolute Gasteiger partial charge is 0.463 e. The van der Waals surface area contributed by atoms with E-state index in [4.69, 9.17) is 10.00 Å². The number of nitrogens with zero attached hydrogens (tertiary/aromatic N) is 5. The SMILES string of the molecule is CCOC(=O)C1=C(C)Nc2nc3cncnc3n2C1c1ccc(C#N)cc1. The van der Waals surface area contributed by atoms with Crippen LogP contribution in [0.25, 0.3) is 11.2 Å². The molecule has 4 rings (SSSR count). The molecule has 1 atom stereocenters. The Labute approximate surface area is 155 Å². The van der Waals surface area contributed by atoms with E-state index in [1.54, 1.807) is 25.3 Å². The number of hydrogen-bond donors (Lipinski definition) is 1. The maximum absolute atomic E-state index is 12.7. The van der Waals surface area contributed by atoms with Crippen LogP contribution in [0.3, 0.4) is 0 Å². The number of benzene rings is 1. The van der Waals surface area contributed by atoms with Crippen molar-refractivity contribution in [3.05, 3.63) is 59.2 Å². The number of carbonyl (C=O) groups is 1. The van der Waals surface area contributed by atoms with Crippen molar-refractivity contribution < 1.29 is 9.53 Å². The lowest BCUT2D eigenvalue weighted by Crippen LogP contribution is -2.29. The number of nitriles is 1. The number of hydrogen-bond acceptors (Lipinski definition) is 7. The maximum atomic E-state index is 12.7. The first kappa shape index (κ1) is 16.7. The summed E-state index contributed by atoms with van der Waals surface area (Å²) in [7, 11) is 0. The zero-order valence-corrected chi connectivity index (χ0v) is 14.8. The average Bonchev–Trinajstić information content (AvgIpc) is 3.05. The Hall–Kier alpha value is -3.73. The van der Waals surface area contributed by atoms with E-state index in [0.717, 1.165) is 5.56 Å². The molecule has 0 aliphatic carbocycles. The van der Waals surface area contributed by atoms with Gasteiger partial charge in [0.2, 0.25) is 5.95 Å². The summed E-state index contributed by atoms with van der Waals surface area (Å²) in [5.74, 6) is 0.170. The van der Waals surface area contributed by atoms with Gasteiger partial charge in [-0.15, -0.1) is 0 Å². The van der Waals surface area contributed by atoms with E-state index in [1.165, 1.54) is 6.33 Å². The molecule has 0 amide bonds. The Bertz CT molecular complexity index is 1110. The highest BCUT2D eigenvalue weighted by molar-refractivity contribution is 5.93. The number of allylic oxidation sites excluding steroid dienone is 1. The van der Waals surface area contributed by atoms with Crippen LogP contribution in [0.1, 0.15) is 31.0 Å². The first-order valence-electron chi connectivity index (χ1n) is 8.47. The number of fused-ring (bicyclic) bond motifs is 3. The zero-order valence-electron chi connectivity index (χ0n) is 14.8. The molecule has 2 aromatic heterocycles. The van der Waals surface area contributed by atoms with E-state index in [9.17, 15) is 4.79 Å². The van der Waals surface area contributed by atoms with Gasteiger partial charge in [0.05, 0.1) is 36.1 Å². The minimum Gasteiger partial charge on any atom is -0.463 e. The van der Waals surface area contributed by atoms with Crippen molar-refractivity contribution in [1.82, 2.24) is 19.5 Å². The number of imidazole rings is 1. The molecule has 134 valence electrons. The van der Waals surface area contributed by atoms with Crippen molar-refractivity contribution in [3.63, 3.8) is 0 Å². The molecule has 1 unspecified atom stereocenters. The predicted octanol–water partition coefficient (Wildman–Crippen LogP) is 2.55. The number of esters is 1. The molecule has 27 heavy (non-hydrogen) atoms. The van der Waals surface area contributed by atoms with Crippen molar-refractivity contribution >= 4 is 23.1 Å². The van der Waals surface area contributed by atoms with Crippen LogP contribution in [0.4, 0.5) is 5.95 Å². The van der Waals surface area contributed by atoms with Gasteiger partial charge in [0, 0.05) is 5.70 Å². The lowest BCUT2D eigenvalue weighted by atomic mass is 9.94. The van der Waals surface area contributed by atoms with Gasteiger partial charge in [0.25, 0.3) is 0 Å². The molecular weight excluding hydrogens is 344 g/mol. The minimum atomic E-state index is -0.479. The van der Waals surface area contributed by atoms with Gasteiger partial charge in [-0.1, -0.05) is 12.1 Å². The van der Waals surface area contributed by atoms with Gasteiger partial charge >= 0.3 is 5.97 Å². The van der Waals surface area contributed by atoms with Crippen molar-refractivity contribution in [3.8, 4) is 6.07 Å². The molecule has 0 spiro atoms. The predicted molar refractivity (Wildman–Crippen MR) is 97.6 cm³/mol.